The van der Waals surface area contributed by atoms with Crippen LogP contribution in [0.4, 0.5) is 10.1 Å². The summed E-state index contributed by atoms with van der Waals surface area (Å²) < 4.78 is 13.3. The molecule has 5 rings (SSSR count). The van der Waals surface area contributed by atoms with Crippen LogP contribution in [0.15, 0.2) is 53.0 Å². The normalized spacial score (nSPS) is 23.9. The fourth-order valence-corrected chi connectivity index (χ4v) is 5.83. The molecule has 0 aliphatic heterocycles. The number of nitrogens with zero attached hydrogens (tertiary/aromatic N) is 1. The molecule has 0 unspecified atom stereocenters. The van der Waals surface area contributed by atoms with Crippen molar-refractivity contribution in [2.24, 2.45) is 17.6 Å². The number of hydrogen-bond acceptors (Lipinski definition) is 8. The Kier molecular flexibility index (Phi) is 6.00. The van der Waals surface area contributed by atoms with E-state index in [9.17, 15) is 39.2 Å². The Morgan fingerprint density at radius 3 is 2.38 bits per heavy atom. The number of carbonyl (C=O) groups excluding carboxylic acids is 3. The Morgan fingerprint density at radius 2 is 1.77 bits per heavy atom. The summed E-state index contributed by atoms with van der Waals surface area (Å²) in [6.07, 6.45) is -0.0666. The van der Waals surface area contributed by atoms with Gasteiger partial charge in [-0.3, -0.25) is 14.4 Å². The summed E-state index contributed by atoms with van der Waals surface area (Å²) in [5, 5.41) is 44.1. The molecule has 2 aromatic carbocycles. The van der Waals surface area contributed by atoms with Crippen molar-refractivity contribution in [3.8, 4) is 17.6 Å². The van der Waals surface area contributed by atoms with Crippen molar-refractivity contribution < 1.29 is 39.2 Å². The third-order valence-corrected chi connectivity index (χ3v) is 7.71. The summed E-state index contributed by atoms with van der Waals surface area (Å²) in [5.74, 6) is -1.68. The van der Waals surface area contributed by atoms with Crippen LogP contribution in [-0.4, -0.2) is 57.6 Å². The minimum absolute atomic E-state index is 0.0443. The number of fused-ring (bicyclic) bond motifs is 3. The Morgan fingerprint density at radius 1 is 1.10 bits per heavy atom. The van der Waals surface area contributed by atoms with E-state index in [4.69, 9.17) is 5.73 Å². The average Bonchev–Trinajstić information content (AvgIpc) is 2.86. The zero-order valence-corrected chi connectivity index (χ0v) is 21.1. The second-order valence-electron chi connectivity index (χ2n) is 10.2. The Hall–Kier alpha value is -4.62. The van der Waals surface area contributed by atoms with Gasteiger partial charge < -0.3 is 31.1 Å². The van der Waals surface area contributed by atoms with Gasteiger partial charge in [-0.15, -0.1) is 0 Å². The van der Waals surface area contributed by atoms with Gasteiger partial charge in [0.15, 0.2) is 11.4 Å². The summed E-state index contributed by atoms with van der Waals surface area (Å²) in [6, 6.07) is 7.05. The van der Waals surface area contributed by atoms with Gasteiger partial charge >= 0.3 is 0 Å². The number of primary amides is 1. The highest BCUT2D eigenvalue weighted by Gasteiger charge is 2.59. The molecule has 6 N–H and O–H groups in total. The maximum Gasteiger partial charge on any atom is 0.255 e. The second-order valence-corrected chi connectivity index (χ2v) is 10.2. The molecular weight excluding hydrogens is 507 g/mol. The van der Waals surface area contributed by atoms with E-state index < -0.39 is 63.6 Å². The Labute approximate surface area is 222 Å². The van der Waals surface area contributed by atoms with Crippen LogP contribution in [0.2, 0.25) is 0 Å². The maximum absolute atomic E-state index is 13.9. The SMILES string of the molecule is CN(C)c1cc(C#Cc2ccc(F)cc2)c(O)c2c1C[C@H]1C[C@H]3CC(O)=C(C(N)=O)C(=O)[C@@]3(O)C(O)=C1C2=O. The lowest BCUT2D eigenvalue weighted by molar-refractivity contribution is -0.144. The largest absolute Gasteiger partial charge is 0.511 e. The number of ketones is 2. The van der Waals surface area contributed by atoms with Gasteiger partial charge in [0.2, 0.25) is 5.78 Å². The molecule has 0 heterocycles. The smallest absolute Gasteiger partial charge is 0.255 e. The first kappa shape index (κ1) is 26.0. The first-order valence-corrected chi connectivity index (χ1v) is 12.2. The van der Waals surface area contributed by atoms with Crippen LogP contribution in [0.25, 0.3) is 0 Å². The minimum atomic E-state index is -2.63. The Balaban J connectivity index is 1.67. The summed E-state index contributed by atoms with van der Waals surface area (Å²) in [6.45, 7) is 0. The lowest BCUT2D eigenvalue weighted by Crippen LogP contribution is -2.57. The molecule has 0 aromatic heterocycles. The van der Waals surface area contributed by atoms with Gasteiger partial charge in [-0.05, 0) is 54.7 Å². The number of aliphatic hydroxyl groups is 3. The standard InChI is InChI=1S/C29H25FN2O7/c1-32(2)19-11-14(6-3-13-4-7-17(30)8-5-13)24(34)22-18(19)10-15-9-16-12-20(33)23(28(31)38)27(37)29(16,39)26(36)21(15)25(22)35/h4-5,7-8,11,15-16,33-34,36,39H,9-10,12H2,1-2H3,(H2,31,38)/t15-,16+,29+/m1/s1. The molecule has 10 heteroatoms. The second kappa shape index (κ2) is 8.99. The van der Waals surface area contributed by atoms with Crippen molar-refractivity contribution in [1.82, 2.24) is 0 Å². The first-order valence-electron chi connectivity index (χ1n) is 12.2. The van der Waals surface area contributed by atoms with Crippen LogP contribution < -0.4 is 10.6 Å². The molecule has 0 saturated heterocycles. The third kappa shape index (κ3) is 3.85. The lowest BCUT2D eigenvalue weighted by Gasteiger charge is -2.45. The molecule has 0 bridgehead atoms. The van der Waals surface area contributed by atoms with Crippen molar-refractivity contribution in [2.75, 3.05) is 19.0 Å². The van der Waals surface area contributed by atoms with Crippen LogP contribution in [0, 0.1) is 29.5 Å². The molecule has 9 nitrogen and oxygen atoms in total. The Bertz CT molecular complexity index is 1590. The van der Waals surface area contributed by atoms with Crippen molar-refractivity contribution in [2.45, 2.75) is 24.9 Å². The number of Topliss-reactive ketones (excluding diaryl/α,β-unsaturated/α-hetero) is 2. The number of halogens is 1. The molecule has 0 saturated carbocycles. The molecule has 3 atom stereocenters. The molecule has 39 heavy (non-hydrogen) atoms. The molecule has 0 fully saturated rings. The number of aliphatic hydroxyl groups excluding tert-OH is 2. The number of allylic oxidation sites excluding steroid dienone is 2. The van der Waals surface area contributed by atoms with Crippen molar-refractivity contribution in [1.29, 1.82) is 0 Å². The molecular formula is C29H25FN2O7. The third-order valence-electron chi connectivity index (χ3n) is 7.71. The lowest BCUT2D eigenvalue weighted by atomic mass is 9.60. The number of anilines is 1. The fraction of sp³-hybridized carbons (Fsp3) is 0.276. The highest BCUT2D eigenvalue weighted by molar-refractivity contribution is 6.24. The zero-order chi connectivity index (χ0) is 28.4. The molecule has 1 amide bonds. The molecule has 0 spiro atoms. The fourth-order valence-electron chi connectivity index (χ4n) is 5.83. The van der Waals surface area contributed by atoms with E-state index in [-0.39, 0.29) is 36.0 Å². The van der Waals surface area contributed by atoms with E-state index in [1.54, 1.807) is 25.1 Å². The number of hydrogen-bond donors (Lipinski definition) is 5. The van der Waals surface area contributed by atoms with Crippen LogP contribution in [0.3, 0.4) is 0 Å². The topological polar surface area (TPSA) is 161 Å². The zero-order valence-electron chi connectivity index (χ0n) is 21.1. The van der Waals surface area contributed by atoms with Crippen molar-refractivity contribution >= 4 is 23.2 Å². The monoisotopic (exact) mass is 532 g/mol. The van der Waals surface area contributed by atoms with E-state index >= 15 is 0 Å². The summed E-state index contributed by atoms with van der Waals surface area (Å²) in [4.78, 5) is 40.5. The highest BCUT2D eigenvalue weighted by Crippen LogP contribution is 2.52. The van der Waals surface area contributed by atoms with E-state index in [1.807, 2.05) is 0 Å². The van der Waals surface area contributed by atoms with E-state index in [2.05, 4.69) is 11.8 Å². The quantitative estimate of drug-likeness (QED) is 0.291. The average molecular weight is 533 g/mol. The van der Waals surface area contributed by atoms with Gasteiger partial charge in [0.1, 0.15) is 28.7 Å². The maximum atomic E-state index is 13.9. The van der Waals surface area contributed by atoms with Gasteiger partial charge in [-0.25, -0.2) is 4.39 Å². The van der Waals surface area contributed by atoms with Gasteiger partial charge in [-0.2, -0.15) is 0 Å². The number of benzene rings is 2. The van der Waals surface area contributed by atoms with Crippen LogP contribution in [0.1, 0.15) is 39.9 Å². The minimum Gasteiger partial charge on any atom is -0.511 e. The predicted octanol–water partition coefficient (Wildman–Crippen LogP) is 2.19. The van der Waals surface area contributed by atoms with Gasteiger partial charge in [0, 0.05) is 43.3 Å². The summed E-state index contributed by atoms with van der Waals surface area (Å²) in [7, 11) is 3.51. The van der Waals surface area contributed by atoms with Gasteiger partial charge in [0.25, 0.3) is 5.91 Å². The molecule has 200 valence electrons. The van der Waals surface area contributed by atoms with Crippen LogP contribution >= 0.6 is 0 Å². The molecule has 0 radical (unpaired) electrons. The van der Waals surface area contributed by atoms with Crippen molar-refractivity contribution in [3.05, 3.63) is 81.1 Å². The highest BCUT2D eigenvalue weighted by atomic mass is 19.1. The number of nitrogens with two attached hydrogens (primary N) is 1. The van der Waals surface area contributed by atoms with Gasteiger partial charge in [0.05, 0.1) is 11.1 Å². The van der Waals surface area contributed by atoms with E-state index in [0.717, 1.165) is 0 Å². The van der Waals surface area contributed by atoms with Crippen LogP contribution in [0.5, 0.6) is 5.75 Å². The number of rotatable bonds is 2. The van der Waals surface area contributed by atoms with E-state index in [1.165, 1.54) is 24.3 Å². The predicted molar refractivity (Wildman–Crippen MR) is 138 cm³/mol. The number of amides is 1. The molecule has 3 aliphatic carbocycles. The number of phenolic OH excluding ortho intramolecular Hbond substituents is 1. The molecule has 3 aliphatic rings. The molecule has 2 aromatic rings. The first-order chi connectivity index (χ1) is 18.4. The number of phenols is 1. The van der Waals surface area contributed by atoms with Gasteiger partial charge in [-0.1, -0.05) is 11.8 Å². The summed E-state index contributed by atoms with van der Waals surface area (Å²) in [5.41, 5.74) is 3.10. The van der Waals surface area contributed by atoms with Crippen molar-refractivity contribution in [3.63, 3.8) is 0 Å². The number of aromatic hydroxyl groups is 1. The van der Waals surface area contributed by atoms with E-state index in [0.29, 0.717) is 16.8 Å². The van der Waals surface area contributed by atoms with Crippen LogP contribution in [-0.2, 0) is 16.0 Å². The number of carbonyl (C=O) groups is 3. The summed E-state index contributed by atoms with van der Waals surface area (Å²) >= 11 is 0.